The molecule has 10 heteroatoms. The summed E-state index contributed by atoms with van der Waals surface area (Å²) >= 11 is 0. The highest BCUT2D eigenvalue weighted by Crippen LogP contribution is 2.22. The van der Waals surface area contributed by atoms with Gasteiger partial charge in [-0.3, -0.25) is 9.59 Å². The van der Waals surface area contributed by atoms with E-state index in [4.69, 9.17) is 18.9 Å². The molecule has 1 heterocycles. The Hall–Kier alpha value is -1.30. The molecule has 0 spiro atoms. The molecular weight excluding hydrogens is 628 g/mol. The molecule has 49 heavy (non-hydrogen) atoms. The minimum absolute atomic E-state index is 0.211. The smallest absolute Gasteiger partial charge is 0.306 e. The van der Waals surface area contributed by atoms with Crippen molar-refractivity contribution in [3.63, 3.8) is 0 Å². The third-order valence-electron chi connectivity index (χ3n) is 9.49. The number of esters is 2. The van der Waals surface area contributed by atoms with Crippen LogP contribution in [-0.4, -0.2) is 89.0 Å². The lowest BCUT2D eigenvalue weighted by Crippen LogP contribution is -2.59. The van der Waals surface area contributed by atoms with Crippen LogP contribution in [0.15, 0.2) is 0 Å². The molecule has 1 fully saturated rings. The first-order valence-corrected chi connectivity index (χ1v) is 20.1. The number of ether oxygens (including phenoxy) is 4. The molecule has 0 amide bonds. The molecule has 0 aliphatic carbocycles. The Kier molecular flexibility index (Phi) is 29.3. The molecule has 6 atom stereocenters. The molecule has 6 unspecified atom stereocenters. The summed E-state index contributed by atoms with van der Waals surface area (Å²) in [7, 11) is 0. The number of carbonyl (C=O) groups is 2. The first kappa shape index (κ1) is 45.7. The quantitative estimate of drug-likeness (QED) is 0.0401. The number of unbranched alkanes of at least 4 members (excludes halogenated alkanes) is 22. The molecule has 0 saturated carbocycles. The van der Waals surface area contributed by atoms with E-state index in [0.29, 0.717) is 6.42 Å². The van der Waals surface area contributed by atoms with Crippen molar-refractivity contribution in [3.05, 3.63) is 0 Å². The number of rotatable bonds is 33. The van der Waals surface area contributed by atoms with Crippen molar-refractivity contribution in [1.82, 2.24) is 0 Å². The summed E-state index contributed by atoms with van der Waals surface area (Å²) in [5, 5.41) is 39.8. The minimum Gasteiger partial charge on any atom is -0.462 e. The van der Waals surface area contributed by atoms with E-state index in [0.717, 1.165) is 51.4 Å². The Morgan fingerprint density at radius 1 is 0.551 bits per heavy atom. The average molecular weight is 703 g/mol. The van der Waals surface area contributed by atoms with Crippen molar-refractivity contribution in [2.24, 2.45) is 0 Å². The fraction of sp³-hybridized carbons (Fsp3) is 0.949. The number of hydrogen-bond donors (Lipinski definition) is 4. The first-order chi connectivity index (χ1) is 23.8. The van der Waals surface area contributed by atoms with Crippen molar-refractivity contribution < 1.29 is 49.0 Å². The van der Waals surface area contributed by atoms with Gasteiger partial charge in [0.2, 0.25) is 0 Å². The van der Waals surface area contributed by atoms with Gasteiger partial charge < -0.3 is 39.4 Å². The highest BCUT2D eigenvalue weighted by molar-refractivity contribution is 5.70. The van der Waals surface area contributed by atoms with Crippen LogP contribution in [0.5, 0.6) is 0 Å². The van der Waals surface area contributed by atoms with Gasteiger partial charge in [-0.25, -0.2) is 0 Å². The Bertz CT molecular complexity index is 779. The lowest BCUT2D eigenvalue weighted by molar-refractivity contribution is -0.305. The average Bonchev–Trinajstić information content (AvgIpc) is 3.10. The second-order valence-electron chi connectivity index (χ2n) is 14.1. The maximum absolute atomic E-state index is 12.7. The Morgan fingerprint density at radius 3 is 1.39 bits per heavy atom. The SMILES string of the molecule is CCCCCCCCCCCCCCCCCCCCC(=O)OC(COC(=O)CCCCCCCC)COC1OC(CO)C(O)C(O)C1O. The molecule has 0 aromatic rings. The van der Waals surface area contributed by atoms with Crippen molar-refractivity contribution in [2.75, 3.05) is 19.8 Å². The van der Waals surface area contributed by atoms with Gasteiger partial charge in [0.1, 0.15) is 31.0 Å². The third-order valence-corrected chi connectivity index (χ3v) is 9.49. The topological polar surface area (TPSA) is 152 Å². The molecule has 10 nitrogen and oxygen atoms in total. The molecule has 1 saturated heterocycles. The molecule has 1 rings (SSSR count). The maximum Gasteiger partial charge on any atom is 0.306 e. The van der Waals surface area contributed by atoms with Gasteiger partial charge in [-0.15, -0.1) is 0 Å². The molecule has 4 N–H and O–H groups in total. The predicted octanol–water partition coefficient (Wildman–Crippen LogP) is 7.44. The monoisotopic (exact) mass is 703 g/mol. The minimum atomic E-state index is -1.59. The van der Waals surface area contributed by atoms with Crippen LogP contribution >= 0.6 is 0 Å². The van der Waals surface area contributed by atoms with Gasteiger partial charge >= 0.3 is 11.9 Å². The summed E-state index contributed by atoms with van der Waals surface area (Å²) < 4.78 is 22.0. The first-order valence-electron chi connectivity index (χ1n) is 20.1. The van der Waals surface area contributed by atoms with E-state index in [2.05, 4.69) is 13.8 Å². The predicted molar refractivity (Wildman–Crippen MR) is 192 cm³/mol. The second-order valence-corrected chi connectivity index (χ2v) is 14.1. The van der Waals surface area contributed by atoms with Crippen LogP contribution in [0.1, 0.15) is 181 Å². The highest BCUT2D eigenvalue weighted by atomic mass is 16.7. The summed E-state index contributed by atoms with van der Waals surface area (Å²) in [6.45, 7) is 3.36. The van der Waals surface area contributed by atoms with Gasteiger partial charge in [0.25, 0.3) is 0 Å². The van der Waals surface area contributed by atoms with Crippen LogP contribution in [0.4, 0.5) is 0 Å². The molecule has 1 aliphatic heterocycles. The van der Waals surface area contributed by atoms with Crippen molar-refractivity contribution >= 4 is 11.9 Å². The van der Waals surface area contributed by atoms with E-state index in [1.54, 1.807) is 0 Å². The van der Waals surface area contributed by atoms with Crippen LogP contribution in [0.25, 0.3) is 0 Å². The summed E-state index contributed by atoms with van der Waals surface area (Å²) in [5.41, 5.74) is 0. The van der Waals surface area contributed by atoms with Crippen LogP contribution < -0.4 is 0 Å². The molecule has 0 aromatic carbocycles. The van der Waals surface area contributed by atoms with Gasteiger partial charge in [0.15, 0.2) is 12.4 Å². The summed E-state index contributed by atoms with van der Waals surface area (Å²) in [5.74, 6) is -0.807. The maximum atomic E-state index is 12.7. The second kappa shape index (κ2) is 31.4. The lowest BCUT2D eigenvalue weighted by atomic mass is 9.99. The van der Waals surface area contributed by atoms with E-state index in [-0.39, 0.29) is 32.0 Å². The zero-order valence-corrected chi connectivity index (χ0v) is 31.2. The van der Waals surface area contributed by atoms with E-state index < -0.39 is 49.4 Å². The standard InChI is InChI=1S/C39H74O10/c1-3-5-7-9-11-12-13-14-15-16-17-18-19-20-21-22-24-26-28-35(42)48-32(30-46-34(41)27-25-23-10-8-6-4-2)31-47-39-38(45)37(44)36(43)33(29-40)49-39/h32-33,36-40,43-45H,3-31H2,1-2H3. The van der Waals surface area contributed by atoms with Crippen molar-refractivity contribution in [1.29, 1.82) is 0 Å². The summed E-state index contributed by atoms with van der Waals surface area (Å²) in [6.07, 6.45) is 21.5. The molecular formula is C39H74O10. The normalized spacial score (nSPS) is 21.5. The number of carbonyl (C=O) groups excluding carboxylic acids is 2. The fourth-order valence-corrected chi connectivity index (χ4v) is 6.25. The Balaban J connectivity index is 2.28. The number of hydrogen-bond acceptors (Lipinski definition) is 10. The lowest BCUT2D eigenvalue weighted by Gasteiger charge is -2.39. The summed E-state index contributed by atoms with van der Waals surface area (Å²) in [6, 6.07) is 0. The van der Waals surface area contributed by atoms with Crippen LogP contribution in [0, 0.1) is 0 Å². The molecule has 290 valence electrons. The van der Waals surface area contributed by atoms with Gasteiger partial charge in [0, 0.05) is 12.8 Å². The van der Waals surface area contributed by atoms with E-state index in [1.807, 2.05) is 0 Å². The third kappa shape index (κ3) is 23.7. The van der Waals surface area contributed by atoms with Crippen LogP contribution in [0.2, 0.25) is 0 Å². The highest BCUT2D eigenvalue weighted by Gasteiger charge is 2.44. The molecule has 1 aliphatic rings. The summed E-state index contributed by atoms with van der Waals surface area (Å²) in [4.78, 5) is 25.0. The zero-order chi connectivity index (χ0) is 36.0. The Labute approximate surface area is 298 Å². The molecule has 0 aromatic heterocycles. The van der Waals surface area contributed by atoms with Gasteiger partial charge in [-0.2, -0.15) is 0 Å². The van der Waals surface area contributed by atoms with Gasteiger partial charge in [-0.1, -0.05) is 155 Å². The van der Waals surface area contributed by atoms with Crippen LogP contribution in [-0.2, 0) is 28.5 Å². The fourth-order valence-electron chi connectivity index (χ4n) is 6.25. The van der Waals surface area contributed by atoms with Crippen molar-refractivity contribution in [3.8, 4) is 0 Å². The van der Waals surface area contributed by atoms with Crippen molar-refractivity contribution in [2.45, 2.75) is 218 Å². The number of aliphatic hydroxyl groups excluding tert-OH is 4. The van der Waals surface area contributed by atoms with E-state index >= 15 is 0 Å². The van der Waals surface area contributed by atoms with Gasteiger partial charge in [-0.05, 0) is 12.8 Å². The molecule has 0 radical (unpaired) electrons. The van der Waals surface area contributed by atoms with Crippen LogP contribution in [0.3, 0.4) is 0 Å². The van der Waals surface area contributed by atoms with E-state index in [1.165, 1.54) is 96.3 Å². The zero-order valence-electron chi connectivity index (χ0n) is 31.2. The van der Waals surface area contributed by atoms with Gasteiger partial charge in [0.05, 0.1) is 13.2 Å². The largest absolute Gasteiger partial charge is 0.462 e. The number of aliphatic hydroxyl groups is 4. The molecule has 0 bridgehead atoms. The van der Waals surface area contributed by atoms with E-state index in [9.17, 15) is 30.0 Å². The Morgan fingerprint density at radius 2 is 0.959 bits per heavy atom.